The maximum atomic E-state index is 12.1. The van der Waals surface area contributed by atoms with Crippen molar-refractivity contribution in [3.05, 3.63) is 29.8 Å². The van der Waals surface area contributed by atoms with E-state index < -0.39 is 0 Å². The summed E-state index contributed by atoms with van der Waals surface area (Å²) < 4.78 is 5.25. The Morgan fingerprint density at radius 2 is 1.86 bits per heavy atom. The minimum atomic E-state index is -0.184. The quantitative estimate of drug-likeness (QED) is 0.720. The second kappa shape index (κ2) is 7.82. The van der Waals surface area contributed by atoms with Crippen LogP contribution in [0, 0.1) is 11.8 Å². The number of unbranched alkanes of at least 4 members (excludes halogenated alkanes) is 1. The molecular formula is C17H24N2O3. The fraction of sp³-hybridized carbons (Fsp3) is 0.529. The molecule has 0 saturated heterocycles. The summed E-state index contributed by atoms with van der Waals surface area (Å²) in [7, 11) is 1.61. The summed E-state index contributed by atoms with van der Waals surface area (Å²) >= 11 is 0. The zero-order valence-corrected chi connectivity index (χ0v) is 13.2. The molecule has 1 aromatic rings. The largest absolute Gasteiger partial charge is 0.496 e. The number of para-hydroxylation sites is 1. The molecule has 0 spiro atoms. The zero-order valence-electron chi connectivity index (χ0n) is 13.2. The lowest BCUT2D eigenvalue weighted by atomic mass is 10.2. The van der Waals surface area contributed by atoms with Crippen LogP contribution in [-0.2, 0) is 16.1 Å². The molecule has 0 heterocycles. The van der Waals surface area contributed by atoms with E-state index in [4.69, 9.17) is 4.74 Å². The van der Waals surface area contributed by atoms with Gasteiger partial charge in [0.1, 0.15) is 5.75 Å². The Balaban J connectivity index is 1.76. The van der Waals surface area contributed by atoms with E-state index in [-0.39, 0.29) is 23.7 Å². The SMILES string of the molecule is CCCCNC(=O)C1CC1C(=O)NCc1ccccc1OC. The molecule has 1 saturated carbocycles. The molecule has 0 radical (unpaired) electrons. The summed E-state index contributed by atoms with van der Waals surface area (Å²) in [5.74, 6) is 0.366. The van der Waals surface area contributed by atoms with Crippen molar-refractivity contribution in [2.24, 2.45) is 11.8 Å². The molecule has 5 nitrogen and oxygen atoms in total. The number of rotatable bonds is 8. The Bertz CT molecular complexity index is 530. The average molecular weight is 304 g/mol. The fourth-order valence-corrected chi connectivity index (χ4v) is 2.46. The first-order chi connectivity index (χ1) is 10.7. The fourth-order valence-electron chi connectivity index (χ4n) is 2.46. The van der Waals surface area contributed by atoms with Gasteiger partial charge in [0.15, 0.2) is 0 Å². The van der Waals surface area contributed by atoms with E-state index in [0.717, 1.165) is 24.2 Å². The van der Waals surface area contributed by atoms with Crippen molar-refractivity contribution in [2.75, 3.05) is 13.7 Å². The Kier molecular flexibility index (Phi) is 5.81. The topological polar surface area (TPSA) is 67.4 Å². The minimum Gasteiger partial charge on any atom is -0.496 e. The first-order valence-corrected chi connectivity index (χ1v) is 7.84. The van der Waals surface area contributed by atoms with Crippen molar-refractivity contribution in [2.45, 2.75) is 32.7 Å². The highest BCUT2D eigenvalue weighted by atomic mass is 16.5. The average Bonchev–Trinajstić information content (AvgIpc) is 3.33. The molecule has 2 amide bonds. The number of nitrogens with one attached hydrogen (secondary N) is 2. The predicted octanol–water partition coefficient (Wildman–Crippen LogP) is 1.86. The highest BCUT2D eigenvalue weighted by Gasteiger charge is 2.47. The van der Waals surface area contributed by atoms with Crippen LogP contribution in [-0.4, -0.2) is 25.5 Å². The first kappa shape index (κ1) is 16.3. The van der Waals surface area contributed by atoms with Crippen LogP contribution in [0.1, 0.15) is 31.7 Å². The summed E-state index contributed by atoms with van der Waals surface area (Å²) in [6.07, 6.45) is 2.67. The van der Waals surface area contributed by atoms with Gasteiger partial charge in [-0.25, -0.2) is 0 Å². The highest BCUT2D eigenvalue weighted by Crippen LogP contribution is 2.38. The lowest BCUT2D eigenvalue weighted by Gasteiger charge is -2.09. The van der Waals surface area contributed by atoms with Gasteiger partial charge in [-0.05, 0) is 18.9 Å². The van der Waals surface area contributed by atoms with Crippen molar-refractivity contribution in [3.8, 4) is 5.75 Å². The van der Waals surface area contributed by atoms with E-state index in [1.165, 1.54) is 0 Å². The molecule has 0 aromatic heterocycles. The van der Waals surface area contributed by atoms with E-state index in [1.54, 1.807) is 7.11 Å². The van der Waals surface area contributed by atoms with Gasteiger partial charge in [-0.3, -0.25) is 9.59 Å². The Morgan fingerprint density at radius 1 is 1.18 bits per heavy atom. The van der Waals surface area contributed by atoms with Crippen LogP contribution in [0.25, 0.3) is 0 Å². The number of methoxy groups -OCH3 is 1. The van der Waals surface area contributed by atoms with Crippen molar-refractivity contribution in [1.82, 2.24) is 10.6 Å². The molecule has 2 rings (SSSR count). The number of hydrogen-bond donors (Lipinski definition) is 2. The van der Waals surface area contributed by atoms with Gasteiger partial charge in [0.05, 0.1) is 18.9 Å². The van der Waals surface area contributed by atoms with Gasteiger partial charge in [0.2, 0.25) is 11.8 Å². The molecule has 1 aliphatic carbocycles. The number of hydrogen-bond acceptors (Lipinski definition) is 3. The van der Waals surface area contributed by atoms with Crippen LogP contribution in [0.2, 0.25) is 0 Å². The molecular weight excluding hydrogens is 280 g/mol. The molecule has 2 unspecified atom stereocenters. The number of carbonyl (C=O) groups is 2. The van der Waals surface area contributed by atoms with Gasteiger partial charge in [0.25, 0.3) is 0 Å². The number of ether oxygens (including phenoxy) is 1. The van der Waals surface area contributed by atoms with Crippen molar-refractivity contribution >= 4 is 11.8 Å². The number of carbonyl (C=O) groups excluding carboxylic acids is 2. The van der Waals surface area contributed by atoms with Gasteiger partial charge in [-0.15, -0.1) is 0 Å². The molecule has 0 aliphatic heterocycles. The second-order valence-corrected chi connectivity index (χ2v) is 5.62. The van der Waals surface area contributed by atoms with E-state index in [0.29, 0.717) is 19.5 Å². The lowest BCUT2D eigenvalue weighted by molar-refractivity contribution is -0.127. The normalized spacial score (nSPS) is 19.4. The van der Waals surface area contributed by atoms with E-state index >= 15 is 0 Å². The van der Waals surface area contributed by atoms with Crippen LogP contribution in [0.4, 0.5) is 0 Å². The molecule has 5 heteroatoms. The van der Waals surface area contributed by atoms with Crippen LogP contribution in [0.5, 0.6) is 5.75 Å². The maximum absolute atomic E-state index is 12.1. The third-order valence-electron chi connectivity index (χ3n) is 3.94. The molecule has 1 aromatic carbocycles. The van der Waals surface area contributed by atoms with Crippen molar-refractivity contribution in [1.29, 1.82) is 0 Å². The van der Waals surface area contributed by atoms with Crippen LogP contribution in [0.3, 0.4) is 0 Å². The summed E-state index contributed by atoms with van der Waals surface area (Å²) in [5.41, 5.74) is 0.933. The summed E-state index contributed by atoms with van der Waals surface area (Å²) in [6.45, 7) is 3.20. The van der Waals surface area contributed by atoms with Gasteiger partial charge in [-0.2, -0.15) is 0 Å². The summed E-state index contributed by atoms with van der Waals surface area (Å²) in [6, 6.07) is 7.58. The molecule has 2 atom stereocenters. The molecule has 2 N–H and O–H groups in total. The van der Waals surface area contributed by atoms with Crippen LogP contribution < -0.4 is 15.4 Å². The second-order valence-electron chi connectivity index (χ2n) is 5.62. The predicted molar refractivity (Wildman–Crippen MR) is 84.4 cm³/mol. The minimum absolute atomic E-state index is 0.00546. The third kappa shape index (κ3) is 4.23. The van der Waals surface area contributed by atoms with Crippen LogP contribution >= 0.6 is 0 Å². The standard InChI is InChI=1S/C17H24N2O3/c1-3-4-9-18-16(20)13-10-14(13)17(21)19-11-12-7-5-6-8-15(12)22-2/h5-8,13-14H,3-4,9-11H2,1-2H3,(H,18,20)(H,19,21). The number of benzene rings is 1. The third-order valence-corrected chi connectivity index (χ3v) is 3.94. The van der Waals surface area contributed by atoms with Gasteiger partial charge >= 0.3 is 0 Å². The van der Waals surface area contributed by atoms with E-state index in [2.05, 4.69) is 17.6 Å². The molecule has 1 fully saturated rings. The van der Waals surface area contributed by atoms with Crippen molar-refractivity contribution in [3.63, 3.8) is 0 Å². The van der Waals surface area contributed by atoms with Crippen LogP contribution in [0.15, 0.2) is 24.3 Å². The molecule has 22 heavy (non-hydrogen) atoms. The summed E-state index contributed by atoms with van der Waals surface area (Å²) in [4.78, 5) is 23.9. The first-order valence-electron chi connectivity index (χ1n) is 7.84. The van der Waals surface area contributed by atoms with Gasteiger partial charge < -0.3 is 15.4 Å². The molecule has 1 aliphatic rings. The number of amides is 2. The molecule has 120 valence electrons. The monoisotopic (exact) mass is 304 g/mol. The lowest BCUT2D eigenvalue weighted by Crippen LogP contribution is -2.30. The van der Waals surface area contributed by atoms with Gasteiger partial charge in [0, 0.05) is 18.7 Å². The van der Waals surface area contributed by atoms with E-state index in [9.17, 15) is 9.59 Å². The Hall–Kier alpha value is -2.04. The maximum Gasteiger partial charge on any atom is 0.224 e. The van der Waals surface area contributed by atoms with Gasteiger partial charge in [-0.1, -0.05) is 31.5 Å². The molecule has 0 bridgehead atoms. The van der Waals surface area contributed by atoms with E-state index in [1.807, 2.05) is 24.3 Å². The smallest absolute Gasteiger partial charge is 0.224 e. The zero-order chi connectivity index (χ0) is 15.9. The van der Waals surface area contributed by atoms with Crippen molar-refractivity contribution < 1.29 is 14.3 Å². The summed E-state index contributed by atoms with van der Waals surface area (Å²) in [5, 5.41) is 5.77. The highest BCUT2D eigenvalue weighted by molar-refractivity contribution is 5.92. The Morgan fingerprint density at radius 3 is 2.55 bits per heavy atom. The Labute approximate surface area is 131 Å².